The van der Waals surface area contributed by atoms with Gasteiger partial charge in [-0.05, 0) is 64.3 Å². The summed E-state index contributed by atoms with van der Waals surface area (Å²) in [6, 6.07) is 8.53. The molecule has 0 radical (unpaired) electrons. The van der Waals surface area contributed by atoms with E-state index in [4.69, 9.17) is 9.15 Å². The van der Waals surface area contributed by atoms with Crippen LogP contribution in [0.4, 0.5) is 11.4 Å². The first-order valence-corrected chi connectivity index (χ1v) is 8.57. The van der Waals surface area contributed by atoms with Gasteiger partial charge >= 0.3 is 0 Å². The molecule has 2 aromatic rings. The van der Waals surface area contributed by atoms with Crippen LogP contribution >= 0.6 is 0 Å². The number of nitrogens with one attached hydrogen (secondary N) is 1. The summed E-state index contributed by atoms with van der Waals surface area (Å²) in [6.45, 7) is 3.22. The number of rotatable bonds is 6. The van der Waals surface area contributed by atoms with Gasteiger partial charge in [0, 0.05) is 12.2 Å². The topological polar surface area (TPSA) is 75.0 Å². The Morgan fingerprint density at radius 1 is 1.31 bits per heavy atom. The van der Waals surface area contributed by atoms with Gasteiger partial charge in [-0.25, -0.2) is 0 Å². The second-order valence-electron chi connectivity index (χ2n) is 6.52. The molecule has 0 fully saturated rings. The highest BCUT2D eigenvalue weighted by Crippen LogP contribution is 2.36. The third-order valence-electron chi connectivity index (χ3n) is 4.16. The van der Waals surface area contributed by atoms with Crippen molar-refractivity contribution in [3.63, 3.8) is 0 Å². The fraction of sp³-hybridized carbons (Fsp3) is 0.368. The number of anilines is 2. The van der Waals surface area contributed by atoms with Gasteiger partial charge in [0.25, 0.3) is 11.8 Å². The molecule has 1 aliphatic rings. The third kappa shape index (κ3) is 3.88. The average molecular weight is 357 g/mol. The van der Waals surface area contributed by atoms with Crippen LogP contribution in [-0.2, 0) is 4.79 Å². The Kier molecular flexibility index (Phi) is 5.27. The number of furan rings is 1. The summed E-state index contributed by atoms with van der Waals surface area (Å²) < 4.78 is 10.8. The molecule has 0 bridgehead atoms. The summed E-state index contributed by atoms with van der Waals surface area (Å²) in [7, 11) is 4.00. The van der Waals surface area contributed by atoms with Gasteiger partial charge in [0.2, 0.25) is 0 Å². The van der Waals surface area contributed by atoms with Crippen molar-refractivity contribution in [3.05, 3.63) is 42.4 Å². The Balaban J connectivity index is 1.81. The van der Waals surface area contributed by atoms with Crippen molar-refractivity contribution in [2.75, 3.05) is 37.4 Å². The standard InChI is InChI=1S/C19H23N3O4/c1-13-19(24)22(10-5-9-21(2)3)15-12-14(7-8-16(15)26-13)20-18(23)17-6-4-11-25-17/h4,6-8,11-13H,5,9-10H2,1-3H3,(H,20,23). The number of carbonyl (C=O) groups is 2. The van der Waals surface area contributed by atoms with Gasteiger partial charge in [0.15, 0.2) is 11.9 Å². The molecule has 0 saturated heterocycles. The first-order valence-electron chi connectivity index (χ1n) is 8.57. The summed E-state index contributed by atoms with van der Waals surface area (Å²) in [4.78, 5) is 28.5. The highest BCUT2D eigenvalue weighted by Gasteiger charge is 2.31. The van der Waals surface area contributed by atoms with E-state index < -0.39 is 6.10 Å². The van der Waals surface area contributed by atoms with Crippen LogP contribution < -0.4 is 15.0 Å². The van der Waals surface area contributed by atoms with Crippen LogP contribution in [0.15, 0.2) is 41.0 Å². The lowest BCUT2D eigenvalue weighted by Crippen LogP contribution is -2.45. The molecule has 1 atom stereocenters. The SMILES string of the molecule is CC1Oc2ccc(NC(=O)c3ccco3)cc2N(CCCN(C)C)C1=O. The van der Waals surface area contributed by atoms with E-state index in [1.807, 2.05) is 14.1 Å². The van der Waals surface area contributed by atoms with E-state index in [2.05, 4.69) is 10.2 Å². The zero-order valence-electron chi connectivity index (χ0n) is 15.2. The minimum atomic E-state index is -0.523. The van der Waals surface area contributed by atoms with Crippen molar-refractivity contribution in [1.82, 2.24) is 4.90 Å². The molecule has 1 unspecified atom stereocenters. The normalized spacial score (nSPS) is 16.4. The van der Waals surface area contributed by atoms with Crippen LogP contribution in [0.5, 0.6) is 5.75 Å². The smallest absolute Gasteiger partial charge is 0.291 e. The Hall–Kier alpha value is -2.80. The number of nitrogens with zero attached hydrogens (tertiary/aromatic N) is 2. The van der Waals surface area contributed by atoms with E-state index in [1.54, 1.807) is 42.2 Å². The number of benzene rings is 1. The number of hydrogen-bond donors (Lipinski definition) is 1. The Bertz CT molecular complexity index is 786. The molecule has 0 aliphatic carbocycles. The van der Waals surface area contributed by atoms with Gasteiger partial charge in [-0.2, -0.15) is 0 Å². The third-order valence-corrected chi connectivity index (χ3v) is 4.16. The fourth-order valence-corrected chi connectivity index (χ4v) is 2.86. The van der Waals surface area contributed by atoms with Crippen molar-refractivity contribution in [1.29, 1.82) is 0 Å². The molecule has 138 valence electrons. The van der Waals surface area contributed by atoms with Crippen LogP contribution in [0.1, 0.15) is 23.9 Å². The lowest BCUT2D eigenvalue weighted by atomic mass is 10.1. The van der Waals surface area contributed by atoms with Crippen molar-refractivity contribution in [2.45, 2.75) is 19.4 Å². The van der Waals surface area contributed by atoms with Crippen LogP contribution in [0.3, 0.4) is 0 Å². The maximum absolute atomic E-state index is 12.6. The number of carbonyl (C=O) groups excluding carboxylic acids is 2. The maximum Gasteiger partial charge on any atom is 0.291 e. The monoisotopic (exact) mass is 357 g/mol. The lowest BCUT2D eigenvalue weighted by Gasteiger charge is -2.33. The molecule has 7 nitrogen and oxygen atoms in total. The zero-order valence-corrected chi connectivity index (χ0v) is 15.2. The van der Waals surface area contributed by atoms with Crippen molar-refractivity contribution in [3.8, 4) is 5.75 Å². The number of ether oxygens (including phenoxy) is 1. The van der Waals surface area contributed by atoms with Gasteiger partial charge in [0.05, 0.1) is 12.0 Å². The fourth-order valence-electron chi connectivity index (χ4n) is 2.86. The molecular weight excluding hydrogens is 334 g/mol. The second-order valence-corrected chi connectivity index (χ2v) is 6.52. The summed E-state index contributed by atoms with van der Waals surface area (Å²) in [5.74, 6) is 0.445. The summed E-state index contributed by atoms with van der Waals surface area (Å²) in [6.07, 6.45) is 1.76. The molecule has 7 heteroatoms. The van der Waals surface area contributed by atoms with Gasteiger partial charge in [-0.3, -0.25) is 9.59 Å². The molecule has 26 heavy (non-hydrogen) atoms. The molecule has 1 aromatic carbocycles. The first-order chi connectivity index (χ1) is 12.5. The van der Waals surface area contributed by atoms with E-state index in [0.717, 1.165) is 13.0 Å². The first kappa shape index (κ1) is 18.0. The molecule has 2 amide bonds. The molecular formula is C19H23N3O4. The molecule has 3 rings (SSSR count). The lowest BCUT2D eigenvalue weighted by molar-refractivity contribution is -0.125. The highest BCUT2D eigenvalue weighted by molar-refractivity contribution is 6.04. The van der Waals surface area contributed by atoms with Crippen LogP contribution in [0, 0.1) is 0 Å². The minimum Gasteiger partial charge on any atom is -0.479 e. The number of hydrogen-bond acceptors (Lipinski definition) is 5. The largest absolute Gasteiger partial charge is 0.479 e. The van der Waals surface area contributed by atoms with Gasteiger partial charge in [-0.15, -0.1) is 0 Å². The Morgan fingerprint density at radius 3 is 2.81 bits per heavy atom. The van der Waals surface area contributed by atoms with E-state index >= 15 is 0 Å². The summed E-state index contributed by atoms with van der Waals surface area (Å²) in [5, 5.41) is 2.78. The van der Waals surface area contributed by atoms with Gasteiger partial charge in [-0.1, -0.05) is 0 Å². The van der Waals surface area contributed by atoms with E-state index in [-0.39, 0.29) is 17.6 Å². The number of amides is 2. The Labute approximate surface area is 152 Å². The van der Waals surface area contributed by atoms with Crippen molar-refractivity contribution in [2.24, 2.45) is 0 Å². The average Bonchev–Trinajstić information content (AvgIpc) is 3.13. The van der Waals surface area contributed by atoms with Crippen LogP contribution in [0.2, 0.25) is 0 Å². The number of fused-ring (bicyclic) bond motifs is 1. The molecule has 1 aromatic heterocycles. The molecule has 1 N–H and O–H groups in total. The van der Waals surface area contributed by atoms with Crippen molar-refractivity contribution < 1.29 is 18.7 Å². The second kappa shape index (κ2) is 7.61. The van der Waals surface area contributed by atoms with E-state index in [9.17, 15) is 9.59 Å². The molecule has 0 spiro atoms. The van der Waals surface area contributed by atoms with Crippen molar-refractivity contribution >= 4 is 23.2 Å². The van der Waals surface area contributed by atoms with E-state index in [0.29, 0.717) is 23.7 Å². The highest BCUT2D eigenvalue weighted by atomic mass is 16.5. The van der Waals surface area contributed by atoms with Gasteiger partial charge in [0.1, 0.15) is 5.75 Å². The van der Waals surface area contributed by atoms with Crippen LogP contribution in [0.25, 0.3) is 0 Å². The Morgan fingerprint density at radius 2 is 2.12 bits per heavy atom. The molecule has 0 saturated carbocycles. The summed E-state index contributed by atoms with van der Waals surface area (Å²) >= 11 is 0. The predicted octanol–water partition coefficient (Wildman–Crippen LogP) is 2.60. The zero-order chi connectivity index (χ0) is 18.7. The minimum absolute atomic E-state index is 0.0780. The molecule has 1 aliphatic heterocycles. The van der Waals surface area contributed by atoms with E-state index in [1.165, 1.54) is 6.26 Å². The predicted molar refractivity (Wildman–Crippen MR) is 98.7 cm³/mol. The van der Waals surface area contributed by atoms with Crippen LogP contribution in [-0.4, -0.2) is 50.0 Å². The molecule has 2 heterocycles. The summed E-state index contributed by atoms with van der Waals surface area (Å²) in [5.41, 5.74) is 1.25. The quantitative estimate of drug-likeness (QED) is 0.860. The maximum atomic E-state index is 12.6. The van der Waals surface area contributed by atoms with Gasteiger partial charge < -0.3 is 24.3 Å².